The van der Waals surface area contributed by atoms with Gasteiger partial charge in [-0.05, 0) is 24.3 Å². The van der Waals surface area contributed by atoms with E-state index in [1.807, 2.05) is 24.3 Å². The average molecular weight is 299 g/mol. The van der Waals surface area contributed by atoms with Crippen molar-refractivity contribution < 1.29 is 4.42 Å². The molecule has 3 nitrogen and oxygen atoms in total. The van der Waals surface area contributed by atoms with Crippen LogP contribution in [0, 0.1) is 22.7 Å². The zero-order valence-corrected chi connectivity index (χ0v) is 10.8. The topological polar surface area (TPSA) is 60.7 Å². The van der Waals surface area contributed by atoms with E-state index in [9.17, 15) is 0 Å². The first-order chi connectivity index (χ1) is 8.72. The van der Waals surface area contributed by atoms with E-state index in [0.29, 0.717) is 11.5 Å². The molecule has 1 aromatic heterocycles. The van der Waals surface area contributed by atoms with Crippen molar-refractivity contribution in [1.29, 1.82) is 10.5 Å². The first-order valence-corrected chi connectivity index (χ1v) is 5.90. The van der Waals surface area contributed by atoms with Crippen LogP contribution in [0.4, 0.5) is 0 Å². The molecule has 4 heteroatoms. The SMILES string of the molecule is N#CC(C#N)=Cc1ccc(-c2cccc(Br)c2)o1. The Morgan fingerprint density at radius 1 is 1.17 bits per heavy atom. The molecule has 0 saturated heterocycles. The normalized spacial score (nSPS) is 9.28. The van der Waals surface area contributed by atoms with Gasteiger partial charge in [0.25, 0.3) is 0 Å². The highest BCUT2D eigenvalue weighted by Gasteiger charge is 2.04. The number of hydrogen-bond donors (Lipinski definition) is 0. The minimum atomic E-state index is 0.0187. The average Bonchev–Trinajstić information content (AvgIpc) is 2.84. The maximum absolute atomic E-state index is 8.66. The van der Waals surface area contributed by atoms with Crippen LogP contribution in [-0.4, -0.2) is 0 Å². The molecule has 0 aliphatic carbocycles. The molecule has 0 spiro atoms. The van der Waals surface area contributed by atoms with E-state index in [4.69, 9.17) is 14.9 Å². The molecule has 1 aromatic carbocycles. The van der Waals surface area contributed by atoms with Gasteiger partial charge in [0.2, 0.25) is 0 Å². The van der Waals surface area contributed by atoms with Crippen LogP contribution in [-0.2, 0) is 0 Å². The highest BCUT2D eigenvalue weighted by atomic mass is 79.9. The number of hydrogen-bond acceptors (Lipinski definition) is 3. The minimum Gasteiger partial charge on any atom is -0.457 e. The Bertz CT molecular complexity index is 670. The largest absolute Gasteiger partial charge is 0.457 e. The van der Waals surface area contributed by atoms with Crippen LogP contribution in [0.15, 0.2) is 50.9 Å². The summed E-state index contributed by atoms with van der Waals surface area (Å²) in [5.74, 6) is 1.18. The van der Waals surface area contributed by atoms with Crippen LogP contribution in [0.5, 0.6) is 0 Å². The highest BCUT2D eigenvalue weighted by molar-refractivity contribution is 9.10. The summed E-state index contributed by atoms with van der Waals surface area (Å²) in [6.07, 6.45) is 1.42. The Hall–Kier alpha value is -2.30. The second kappa shape index (κ2) is 5.35. The third-order valence-electron chi connectivity index (χ3n) is 2.26. The van der Waals surface area contributed by atoms with Crippen molar-refractivity contribution in [2.24, 2.45) is 0 Å². The van der Waals surface area contributed by atoms with Crippen LogP contribution in [0.2, 0.25) is 0 Å². The first kappa shape index (κ1) is 12.2. The molecule has 0 radical (unpaired) electrons. The molecule has 1 heterocycles. The van der Waals surface area contributed by atoms with Gasteiger partial charge in [-0.25, -0.2) is 0 Å². The van der Waals surface area contributed by atoms with Crippen LogP contribution >= 0.6 is 15.9 Å². The Kier molecular flexibility index (Phi) is 3.62. The standard InChI is InChI=1S/C14H7BrN2O/c15-12-3-1-2-11(7-12)14-5-4-13(18-14)6-10(8-16)9-17/h1-7H. The fourth-order valence-electron chi connectivity index (χ4n) is 1.46. The quantitative estimate of drug-likeness (QED) is 0.783. The summed E-state index contributed by atoms with van der Waals surface area (Å²) in [6, 6.07) is 14.8. The van der Waals surface area contributed by atoms with Crippen molar-refractivity contribution in [2.45, 2.75) is 0 Å². The van der Waals surface area contributed by atoms with Gasteiger partial charge in [-0.1, -0.05) is 28.1 Å². The number of halogens is 1. The van der Waals surface area contributed by atoms with E-state index < -0.39 is 0 Å². The number of rotatable bonds is 2. The van der Waals surface area contributed by atoms with Crippen molar-refractivity contribution in [3.8, 4) is 23.5 Å². The summed E-state index contributed by atoms with van der Waals surface area (Å²) in [6.45, 7) is 0. The van der Waals surface area contributed by atoms with Crippen molar-refractivity contribution in [3.05, 3.63) is 52.2 Å². The number of furan rings is 1. The lowest BCUT2D eigenvalue weighted by Crippen LogP contribution is -1.73. The number of nitriles is 2. The van der Waals surface area contributed by atoms with Gasteiger partial charge >= 0.3 is 0 Å². The molecule has 0 aliphatic rings. The highest BCUT2D eigenvalue weighted by Crippen LogP contribution is 2.25. The number of nitrogens with zero attached hydrogens (tertiary/aromatic N) is 2. The first-order valence-electron chi connectivity index (χ1n) is 5.10. The third kappa shape index (κ3) is 2.68. The fourth-order valence-corrected chi connectivity index (χ4v) is 1.86. The van der Waals surface area contributed by atoms with Gasteiger partial charge in [0.15, 0.2) is 0 Å². The summed E-state index contributed by atoms with van der Waals surface area (Å²) in [4.78, 5) is 0. The Labute approximate surface area is 113 Å². The van der Waals surface area contributed by atoms with Gasteiger partial charge in [0.1, 0.15) is 29.2 Å². The molecule has 0 bridgehead atoms. The summed E-state index contributed by atoms with van der Waals surface area (Å²) in [5, 5.41) is 17.3. The Balaban J connectivity index is 2.35. The second-order valence-electron chi connectivity index (χ2n) is 3.49. The molecule has 86 valence electrons. The smallest absolute Gasteiger partial charge is 0.134 e. The maximum atomic E-state index is 8.66. The molecule has 0 saturated carbocycles. The van der Waals surface area contributed by atoms with E-state index in [1.165, 1.54) is 6.08 Å². The van der Waals surface area contributed by atoms with E-state index in [-0.39, 0.29) is 5.57 Å². The van der Waals surface area contributed by atoms with Gasteiger partial charge in [-0.15, -0.1) is 0 Å². The van der Waals surface area contributed by atoms with Gasteiger partial charge < -0.3 is 4.42 Å². The molecule has 18 heavy (non-hydrogen) atoms. The van der Waals surface area contributed by atoms with Gasteiger partial charge in [0, 0.05) is 16.1 Å². The van der Waals surface area contributed by atoms with Gasteiger partial charge in [-0.2, -0.15) is 10.5 Å². The predicted molar refractivity (Wildman–Crippen MR) is 71.0 cm³/mol. The zero-order chi connectivity index (χ0) is 13.0. The van der Waals surface area contributed by atoms with Crippen LogP contribution in [0.1, 0.15) is 5.76 Å². The van der Waals surface area contributed by atoms with Crippen molar-refractivity contribution in [1.82, 2.24) is 0 Å². The third-order valence-corrected chi connectivity index (χ3v) is 2.76. The number of allylic oxidation sites excluding steroid dienone is 1. The lowest BCUT2D eigenvalue weighted by Gasteiger charge is -1.96. The van der Waals surface area contributed by atoms with Crippen molar-refractivity contribution in [2.75, 3.05) is 0 Å². The molecule has 0 unspecified atom stereocenters. The zero-order valence-electron chi connectivity index (χ0n) is 9.22. The fraction of sp³-hybridized carbons (Fsp3) is 0. The number of benzene rings is 1. The van der Waals surface area contributed by atoms with E-state index >= 15 is 0 Å². The van der Waals surface area contributed by atoms with E-state index in [0.717, 1.165) is 10.0 Å². The lowest BCUT2D eigenvalue weighted by atomic mass is 10.2. The predicted octanol–water partition coefficient (Wildman–Crippen LogP) is 4.14. The summed E-state index contributed by atoms with van der Waals surface area (Å²) >= 11 is 3.39. The minimum absolute atomic E-state index is 0.0187. The Morgan fingerprint density at radius 3 is 2.61 bits per heavy atom. The molecule has 2 rings (SSSR count). The lowest BCUT2D eigenvalue weighted by molar-refractivity contribution is 0.571. The van der Waals surface area contributed by atoms with Crippen molar-refractivity contribution >= 4 is 22.0 Å². The maximum Gasteiger partial charge on any atom is 0.134 e. The molecule has 0 N–H and O–H groups in total. The van der Waals surface area contributed by atoms with Gasteiger partial charge in [0.05, 0.1) is 0 Å². The molecule has 2 aromatic rings. The molecule has 0 atom stereocenters. The monoisotopic (exact) mass is 298 g/mol. The second-order valence-corrected chi connectivity index (χ2v) is 4.41. The van der Waals surface area contributed by atoms with Gasteiger partial charge in [-0.3, -0.25) is 0 Å². The van der Waals surface area contributed by atoms with E-state index in [2.05, 4.69) is 15.9 Å². The summed E-state index contributed by atoms with van der Waals surface area (Å²) in [5.41, 5.74) is 0.949. The molecule has 0 aliphatic heterocycles. The Morgan fingerprint density at radius 2 is 1.94 bits per heavy atom. The summed E-state index contributed by atoms with van der Waals surface area (Å²) in [7, 11) is 0. The van der Waals surface area contributed by atoms with Crippen LogP contribution in [0.3, 0.4) is 0 Å². The molecular formula is C14H7BrN2O. The molecule has 0 amide bonds. The van der Waals surface area contributed by atoms with Crippen molar-refractivity contribution in [3.63, 3.8) is 0 Å². The van der Waals surface area contributed by atoms with Crippen LogP contribution < -0.4 is 0 Å². The molecular weight excluding hydrogens is 292 g/mol. The molecule has 0 fully saturated rings. The summed E-state index contributed by atoms with van der Waals surface area (Å²) < 4.78 is 6.52. The van der Waals surface area contributed by atoms with Crippen LogP contribution in [0.25, 0.3) is 17.4 Å². The van der Waals surface area contributed by atoms with E-state index in [1.54, 1.807) is 24.3 Å².